The zero-order valence-corrected chi connectivity index (χ0v) is 15.8. The molecule has 0 spiro atoms. The molecule has 0 unspecified atom stereocenters. The fraction of sp³-hybridized carbons (Fsp3) is 0.190. The molecule has 0 bridgehead atoms. The van der Waals surface area contributed by atoms with Crippen molar-refractivity contribution >= 4 is 17.5 Å². The molecule has 0 aliphatic carbocycles. The molecule has 1 aliphatic heterocycles. The van der Waals surface area contributed by atoms with E-state index in [9.17, 15) is 23.6 Å². The Balaban J connectivity index is 1.62. The monoisotopic (exact) mass is 410 g/mol. The van der Waals surface area contributed by atoms with Gasteiger partial charge in [-0.1, -0.05) is 18.2 Å². The first-order chi connectivity index (χ1) is 14.3. The largest absolute Gasteiger partial charge is 0.435 e. The molecule has 1 aromatic carbocycles. The lowest BCUT2D eigenvalue weighted by molar-refractivity contribution is -0.131. The third-order valence-corrected chi connectivity index (χ3v) is 5.13. The molecule has 4 rings (SSSR count). The molecule has 3 amide bonds. The number of nitriles is 1. The van der Waals surface area contributed by atoms with Gasteiger partial charge in [-0.2, -0.15) is 14.0 Å². The number of imide groups is 1. The van der Waals surface area contributed by atoms with Gasteiger partial charge in [0.2, 0.25) is 0 Å². The summed E-state index contributed by atoms with van der Waals surface area (Å²) in [5.74, 6) is -0.556. The molecule has 0 saturated carbocycles. The number of halogens is 2. The van der Waals surface area contributed by atoms with Crippen LogP contribution in [0.15, 0.2) is 54.9 Å². The second-order valence-electron chi connectivity index (χ2n) is 6.98. The number of amides is 3. The van der Waals surface area contributed by atoms with Gasteiger partial charge in [-0.3, -0.25) is 9.69 Å². The summed E-state index contributed by atoms with van der Waals surface area (Å²) in [5, 5.41) is 12.2. The number of pyridine rings is 1. The van der Waals surface area contributed by atoms with Gasteiger partial charge in [0.05, 0.1) is 17.6 Å². The maximum atomic E-state index is 13.1. The number of nitrogens with zero attached hydrogens (tertiary/aromatic N) is 3. The van der Waals surface area contributed by atoms with Crippen LogP contribution in [0.4, 0.5) is 13.6 Å². The van der Waals surface area contributed by atoms with Crippen LogP contribution in [-0.2, 0) is 16.9 Å². The highest BCUT2D eigenvalue weighted by atomic mass is 19.3. The third-order valence-electron chi connectivity index (χ3n) is 5.13. The van der Waals surface area contributed by atoms with Crippen molar-refractivity contribution in [1.29, 1.82) is 5.26 Å². The average Bonchev–Trinajstić information content (AvgIpc) is 3.18. The van der Waals surface area contributed by atoms with Crippen LogP contribution in [0.2, 0.25) is 0 Å². The summed E-state index contributed by atoms with van der Waals surface area (Å²) in [6.07, 6.45) is 3.49. The van der Waals surface area contributed by atoms with Crippen LogP contribution in [0.1, 0.15) is 23.6 Å². The van der Waals surface area contributed by atoms with Crippen molar-refractivity contribution in [3.05, 3.63) is 71.5 Å². The van der Waals surface area contributed by atoms with Crippen molar-refractivity contribution in [3.8, 4) is 11.8 Å². The topological polar surface area (TPSA) is 86.8 Å². The predicted octanol–water partition coefficient (Wildman–Crippen LogP) is 3.38. The van der Waals surface area contributed by atoms with Gasteiger partial charge in [-0.05, 0) is 36.8 Å². The molecular weight excluding hydrogens is 394 g/mol. The highest BCUT2D eigenvalue weighted by molar-refractivity contribution is 6.07. The Labute approximate surface area is 170 Å². The lowest BCUT2D eigenvalue weighted by Gasteiger charge is -2.22. The number of carbonyl (C=O) groups excluding carboxylic acids is 2. The molecule has 3 heterocycles. The van der Waals surface area contributed by atoms with Crippen molar-refractivity contribution in [1.82, 2.24) is 14.6 Å². The lowest BCUT2D eigenvalue weighted by Crippen LogP contribution is -2.40. The normalized spacial score (nSPS) is 18.7. The van der Waals surface area contributed by atoms with Gasteiger partial charge in [-0.25, -0.2) is 4.79 Å². The van der Waals surface area contributed by atoms with Gasteiger partial charge in [0.25, 0.3) is 5.91 Å². The smallest absolute Gasteiger partial charge is 0.387 e. The number of hydrogen-bond donors (Lipinski definition) is 1. The summed E-state index contributed by atoms with van der Waals surface area (Å²) in [4.78, 5) is 26.7. The highest BCUT2D eigenvalue weighted by Crippen LogP contribution is 2.32. The molecule has 1 fully saturated rings. The molecule has 1 N–H and O–H groups in total. The SMILES string of the molecule is C[C@]1(c2ccc(OC(F)F)cc2)NC(=O)N(Cc2cn3ccccc3c2C#N)C1=O. The molecule has 9 heteroatoms. The van der Waals surface area contributed by atoms with E-state index in [1.807, 2.05) is 6.07 Å². The Morgan fingerprint density at radius 1 is 1.20 bits per heavy atom. The van der Waals surface area contributed by atoms with Crippen LogP contribution in [0, 0.1) is 11.3 Å². The zero-order chi connectivity index (χ0) is 21.5. The molecule has 2 aromatic heterocycles. The molecule has 1 atom stereocenters. The van der Waals surface area contributed by atoms with E-state index >= 15 is 0 Å². The fourth-order valence-electron chi connectivity index (χ4n) is 3.60. The fourth-order valence-corrected chi connectivity index (χ4v) is 3.60. The van der Waals surface area contributed by atoms with Crippen LogP contribution in [0.25, 0.3) is 5.52 Å². The van der Waals surface area contributed by atoms with Gasteiger partial charge in [0.1, 0.15) is 17.4 Å². The summed E-state index contributed by atoms with van der Waals surface area (Å²) >= 11 is 0. The Hall–Kier alpha value is -3.93. The van der Waals surface area contributed by atoms with Crippen molar-refractivity contribution in [2.75, 3.05) is 0 Å². The summed E-state index contributed by atoms with van der Waals surface area (Å²) in [6.45, 7) is -1.49. The quantitative estimate of drug-likeness (QED) is 0.654. The molecule has 1 aliphatic rings. The molecule has 152 valence electrons. The number of rotatable bonds is 5. The Morgan fingerprint density at radius 2 is 1.93 bits per heavy atom. The number of nitrogens with one attached hydrogen (secondary N) is 1. The average molecular weight is 410 g/mol. The van der Waals surface area contributed by atoms with Crippen molar-refractivity contribution in [2.45, 2.75) is 25.6 Å². The van der Waals surface area contributed by atoms with Gasteiger partial charge in [0, 0.05) is 18.0 Å². The van der Waals surface area contributed by atoms with E-state index in [2.05, 4.69) is 16.1 Å². The summed E-state index contributed by atoms with van der Waals surface area (Å²) in [7, 11) is 0. The van der Waals surface area contributed by atoms with Gasteiger partial charge in [-0.15, -0.1) is 0 Å². The minimum Gasteiger partial charge on any atom is -0.435 e. The van der Waals surface area contributed by atoms with E-state index in [0.717, 1.165) is 4.90 Å². The second-order valence-corrected chi connectivity index (χ2v) is 6.98. The lowest BCUT2D eigenvalue weighted by atomic mass is 9.92. The number of hydrogen-bond acceptors (Lipinski definition) is 4. The minimum absolute atomic E-state index is 0.0508. The standard InChI is InChI=1S/C21H16F2N4O3/c1-21(14-5-7-15(8-6-14)30-19(22)23)18(28)27(20(29)25-21)12-13-11-26-9-3-2-4-17(26)16(13)10-24/h2-9,11,19H,12H2,1H3,(H,25,29)/t21-/m1/s1. The molecular formula is C21H16F2N4O3. The first kappa shape index (κ1) is 19.4. The maximum absolute atomic E-state index is 13.1. The maximum Gasteiger partial charge on any atom is 0.387 e. The number of carbonyl (C=O) groups is 2. The van der Waals surface area contributed by atoms with E-state index in [-0.39, 0.29) is 12.3 Å². The van der Waals surface area contributed by atoms with Crippen LogP contribution in [0.5, 0.6) is 5.75 Å². The van der Waals surface area contributed by atoms with Crippen LogP contribution in [-0.4, -0.2) is 27.9 Å². The zero-order valence-electron chi connectivity index (χ0n) is 15.8. The van der Waals surface area contributed by atoms with Crippen LogP contribution in [0.3, 0.4) is 0 Å². The first-order valence-electron chi connectivity index (χ1n) is 9.01. The molecule has 7 nitrogen and oxygen atoms in total. The van der Waals surface area contributed by atoms with E-state index in [0.29, 0.717) is 22.2 Å². The van der Waals surface area contributed by atoms with E-state index in [1.165, 1.54) is 31.2 Å². The van der Waals surface area contributed by atoms with E-state index in [4.69, 9.17) is 0 Å². The van der Waals surface area contributed by atoms with Crippen LogP contribution < -0.4 is 10.1 Å². The Morgan fingerprint density at radius 3 is 2.60 bits per heavy atom. The van der Waals surface area contributed by atoms with Crippen LogP contribution >= 0.6 is 0 Å². The van der Waals surface area contributed by atoms with Gasteiger partial charge < -0.3 is 14.5 Å². The summed E-state index contributed by atoms with van der Waals surface area (Å²) < 4.78 is 30.8. The summed E-state index contributed by atoms with van der Waals surface area (Å²) in [6, 6.07) is 12.4. The van der Waals surface area contributed by atoms with E-state index < -0.39 is 24.1 Å². The van der Waals surface area contributed by atoms with Crippen molar-refractivity contribution in [3.63, 3.8) is 0 Å². The predicted molar refractivity (Wildman–Crippen MR) is 102 cm³/mol. The highest BCUT2D eigenvalue weighted by Gasteiger charge is 2.49. The summed E-state index contributed by atoms with van der Waals surface area (Å²) in [5.41, 5.74) is 0.661. The first-order valence-corrected chi connectivity index (χ1v) is 9.01. The van der Waals surface area contributed by atoms with Gasteiger partial charge in [0.15, 0.2) is 0 Å². The molecule has 30 heavy (non-hydrogen) atoms. The molecule has 1 saturated heterocycles. The van der Waals surface area contributed by atoms with Crippen molar-refractivity contribution in [2.24, 2.45) is 0 Å². The number of alkyl halides is 2. The van der Waals surface area contributed by atoms with Gasteiger partial charge >= 0.3 is 12.6 Å². The number of aromatic nitrogens is 1. The Kier molecular flexibility index (Phi) is 4.62. The Bertz CT molecular complexity index is 1180. The third kappa shape index (κ3) is 3.12. The number of urea groups is 1. The minimum atomic E-state index is -2.96. The molecule has 0 radical (unpaired) electrons. The number of fused-ring (bicyclic) bond motifs is 1. The van der Waals surface area contributed by atoms with Crippen molar-refractivity contribution < 1.29 is 23.1 Å². The molecule has 3 aromatic rings. The number of ether oxygens (including phenoxy) is 1. The second kappa shape index (κ2) is 7.15. The number of benzene rings is 1. The van der Waals surface area contributed by atoms with E-state index in [1.54, 1.807) is 28.9 Å².